The van der Waals surface area contributed by atoms with Gasteiger partial charge in [0, 0.05) is 4.88 Å². The van der Waals surface area contributed by atoms with Gasteiger partial charge in [-0.05, 0) is 16.8 Å². The summed E-state index contributed by atoms with van der Waals surface area (Å²) in [4.78, 5) is 11.3. The monoisotopic (exact) mass is 922 g/mol. The van der Waals surface area contributed by atoms with Crippen LogP contribution in [0.3, 0.4) is 0 Å². The fourth-order valence-electron chi connectivity index (χ4n) is 8.90. The summed E-state index contributed by atoms with van der Waals surface area (Å²) in [5.74, 6) is 5.13. The van der Waals surface area contributed by atoms with Crippen molar-refractivity contribution in [1.29, 1.82) is 0 Å². The average Bonchev–Trinajstić information content (AvgIpc) is 4.08. The van der Waals surface area contributed by atoms with Gasteiger partial charge in [0.2, 0.25) is 0 Å². The molecule has 0 atom stereocenters. The fourth-order valence-corrected chi connectivity index (χ4v) is 29.4. The molecule has 8 heterocycles. The molecule has 2 aliphatic heterocycles. The number of rotatable bonds is 6. The Morgan fingerprint density at radius 2 is 1.00 bits per heavy atom. The van der Waals surface area contributed by atoms with Crippen molar-refractivity contribution in [3.8, 4) is 62.0 Å². The molecule has 0 aliphatic carbocycles. The van der Waals surface area contributed by atoms with Gasteiger partial charge in [0.1, 0.15) is 0 Å². The van der Waals surface area contributed by atoms with E-state index >= 15 is 0 Å². The topological polar surface area (TPSA) is 51.6 Å². The predicted octanol–water partition coefficient (Wildman–Crippen LogP) is 11.8. The molecular weight excluding hydrogens is 890 g/mol. The minimum absolute atomic E-state index is 0.875. The van der Waals surface area contributed by atoms with Crippen LogP contribution in [-0.4, -0.2) is 38.8 Å². The Labute approximate surface area is 358 Å². The van der Waals surface area contributed by atoms with Gasteiger partial charge < -0.3 is 0 Å². The van der Waals surface area contributed by atoms with E-state index in [4.69, 9.17) is 17.5 Å². The fraction of sp³-hybridized carbons (Fsp3) is 0.111. The zero-order valence-corrected chi connectivity index (χ0v) is 39.3. The standard InChI is InChI=1S/C45H32GeN4S6Si/c1-46(2)31-20-27(51-42(31)43-32(46)21-34(53-43)30-18-17-28(24-11-7-5-8-12-24)39-41(30)50-56-48-39)19-26-15-16-29(40-38(26)47-55-49-40)35-23-37-45(54-35)44-36(57(37,3)4)22-33(52-44)25-13-9-6-10-14-25/h5-18,20-23H,19H2,1-4H3. The Kier molecular flexibility index (Phi) is 7.87. The van der Waals surface area contributed by atoms with Crippen LogP contribution in [0, 0.1) is 0 Å². The van der Waals surface area contributed by atoms with Crippen molar-refractivity contribution < 1.29 is 0 Å². The van der Waals surface area contributed by atoms with Crippen LogP contribution >= 0.6 is 68.8 Å². The summed E-state index contributed by atoms with van der Waals surface area (Å²) in [6.45, 7) is 5.03. The third kappa shape index (κ3) is 5.23. The summed E-state index contributed by atoms with van der Waals surface area (Å²) in [7, 11) is -1.81. The quantitative estimate of drug-likeness (QED) is 0.156. The zero-order chi connectivity index (χ0) is 38.2. The molecular formula is C45H32GeN4S6Si. The summed E-state index contributed by atoms with van der Waals surface area (Å²) in [6, 6.07) is 40.6. The summed E-state index contributed by atoms with van der Waals surface area (Å²) in [5, 5.41) is 3.15. The first kappa shape index (κ1) is 35.1. The molecule has 0 bridgehead atoms. The normalized spacial score (nSPS) is 14.7. The third-order valence-electron chi connectivity index (χ3n) is 12.0. The van der Waals surface area contributed by atoms with Crippen LogP contribution in [0.2, 0.25) is 24.6 Å². The second-order valence-corrected chi connectivity index (χ2v) is 34.8. The summed E-state index contributed by atoms with van der Waals surface area (Å²) < 4.78 is 22.7. The molecule has 4 aromatic carbocycles. The Morgan fingerprint density at radius 1 is 0.491 bits per heavy atom. The van der Waals surface area contributed by atoms with Crippen molar-refractivity contribution in [2.45, 2.75) is 31.0 Å². The molecule has 276 valence electrons. The average molecular weight is 922 g/mol. The van der Waals surface area contributed by atoms with E-state index in [0.717, 1.165) is 34.1 Å². The van der Waals surface area contributed by atoms with Gasteiger partial charge in [-0.2, -0.15) is 0 Å². The molecule has 0 spiro atoms. The van der Waals surface area contributed by atoms with Crippen LogP contribution in [0.25, 0.3) is 84.0 Å². The molecule has 12 heteroatoms. The maximum atomic E-state index is 4.94. The number of thiophene rings is 4. The van der Waals surface area contributed by atoms with Gasteiger partial charge in [0.15, 0.2) is 0 Å². The number of nitrogens with zero attached hydrogens (tertiary/aromatic N) is 4. The van der Waals surface area contributed by atoms with E-state index in [9.17, 15) is 0 Å². The molecule has 0 saturated carbocycles. The number of benzene rings is 4. The molecule has 57 heavy (non-hydrogen) atoms. The van der Waals surface area contributed by atoms with Gasteiger partial charge in [-0.1, -0.05) is 43.4 Å². The number of hydrogen-bond donors (Lipinski definition) is 0. The van der Waals surface area contributed by atoms with E-state index in [-0.39, 0.29) is 0 Å². The number of fused-ring (bicyclic) bond motifs is 8. The molecule has 4 nitrogen and oxygen atoms in total. The molecule has 0 amide bonds. The van der Waals surface area contributed by atoms with E-state index < -0.39 is 21.3 Å². The van der Waals surface area contributed by atoms with E-state index in [1.54, 1.807) is 19.2 Å². The van der Waals surface area contributed by atoms with Crippen LogP contribution in [0.4, 0.5) is 0 Å². The third-order valence-corrected chi connectivity index (χ3v) is 30.0. The summed E-state index contributed by atoms with van der Waals surface area (Å²) in [5.41, 5.74) is 11.4. The Hall–Kier alpha value is -3.92. The maximum absolute atomic E-state index is 4.94. The van der Waals surface area contributed by atoms with Gasteiger partial charge in [0.05, 0.1) is 0 Å². The van der Waals surface area contributed by atoms with Crippen LogP contribution in [0.15, 0.2) is 109 Å². The Bertz CT molecular complexity index is 3240. The van der Waals surface area contributed by atoms with Crippen molar-refractivity contribution in [2.24, 2.45) is 0 Å². The predicted molar refractivity (Wildman–Crippen MR) is 255 cm³/mol. The molecule has 0 unspecified atom stereocenters. The second kappa shape index (κ2) is 12.8. The molecule has 10 aromatic rings. The Morgan fingerprint density at radius 3 is 1.72 bits per heavy atom. The van der Waals surface area contributed by atoms with Crippen LogP contribution < -0.4 is 19.2 Å². The Balaban J connectivity index is 0.869. The summed E-state index contributed by atoms with van der Waals surface area (Å²) in [6.07, 6.45) is 0.875. The molecule has 0 N–H and O–H groups in total. The van der Waals surface area contributed by atoms with E-state index in [2.05, 4.69) is 134 Å². The van der Waals surface area contributed by atoms with Crippen molar-refractivity contribution >= 4 is 131 Å². The van der Waals surface area contributed by atoms with Crippen molar-refractivity contribution in [1.82, 2.24) is 17.5 Å². The second-order valence-electron chi connectivity index (χ2n) is 16.0. The molecule has 0 saturated heterocycles. The van der Waals surface area contributed by atoms with Gasteiger partial charge >= 0.3 is 285 Å². The summed E-state index contributed by atoms with van der Waals surface area (Å²) >= 11 is 7.99. The van der Waals surface area contributed by atoms with Gasteiger partial charge in [0.25, 0.3) is 0 Å². The van der Waals surface area contributed by atoms with Gasteiger partial charge in [-0.25, -0.2) is 0 Å². The SMILES string of the molecule is C[Si]1(C)c2cc(-c3ccccc3)sc2-c2sc(-c3ccc(Cc4c[c]5c(s4)-c4sc(-c6ccc(-c7ccccc7)c7nsnc67)c[c]4[Ge]5([CH3])[CH3])c4nsnc34)cc21. The van der Waals surface area contributed by atoms with Gasteiger partial charge in [-0.3, -0.25) is 0 Å². The van der Waals surface area contributed by atoms with Crippen LogP contribution in [-0.2, 0) is 6.42 Å². The number of hydrogen-bond acceptors (Lipinski definition) is 10. The minimum atomic E-state index is -2.52. The molecule has 2 aliphatic rings. The van der Waals surface area contributed by atoms with E-state index in [1.165, 1.54) is 90.3 Å². The van der Waals surface area contributed by atoms with E-state index in [1.807, 2.05) is 45.3 Å². The molecule has 12 rings (SSSR count). The molecule has 0 fully saturated rings. The number of aromatic nitrogens is 4. The van der Waals surface area contributed by atoms with Crippen LogP contribution in [0.1, 0.15) is 10.4 Å². The first-order valence-corrected chi connectivity index (χ1v) is 32.9. The van der Waals surface area contributed by atoms with Crippen LogP contribution in [0.5, 0.6) is 0 Å². The van der Waals surface area contributed by atoms with Gasteiger partial charge in [-0.15, -0.1) is 11.3 Å². The van der Waals surface area contributed by atoms with Crippen molar-refractivity contribution in [2.75, 3.05) is 0 Å². The zero-order valence-electron chi connectivity index (χ0n) is 31.3. The van der Waals surface area contributed by atoms with E-state index in [0.29, 0.717) is 0 Å². The van der Waals surface area contributed by atoms with Crippen molar-refractivity contribution in [3.05, 3.63) is 120 Å². The first-order chi connectivity index (χ1) is 27.7. The molecule has 0 radical (unpaired) electrons. The molecule has 6 aromatic heterocycles. The first-order valence-electron chi connectivity index (χ1n) is 18.9. The van der Waals surface area contributed by atoms with Crippen molar-refractivity contribution in [3.63, 3.8) is 0 Å².